The molecule has 0 saturated heterocycles. The fourth-order valence-corrected chi connectivity index (χ4v) is 0. The predicted molar refractivity (Wildman–Crippen MR) is 40.0 cm³/mol. The van der Waals surface area contributed by atoms with Crippen LogP contribution in [-0.2, 0) is 0 Å². The molecule has 3 heteroatoms. The lowest BCUT2D eigenvalue weighted by atomic mass is 9.81. The summed E-state index contributed by atoms with van der Waals surface area (Å²) in [5.41, 5.74) is 0. The van der Waals surface area contributed by atoms with Gasteiger partial charge in [-0.05, 0) is 0 Å². The van der Waals surface area contributed by atoms with Gasteiger partial charge in [0.1, 0.15) is 0 Å². The van der Waals surface area contributed by atoms with Gasteiger partial charge in [0.15, 0.2) is 0 Å². The van der Waals surface area contributed by atoms with Gasteiger partial charge >= 0.3 is 0 Å². The van der Waals surface area contributed by atoms with Gasteiger partial charge in [0, 0.05) is 23.9 Å². The maximum atomic E-state index is 4.00. The molecular weight excluding hydrogens is 80.5 g/mol. The van der Waals surface area contributed by atoms with Crippen molar-refractivity contribution in [3.8, 4) is 0 Å². The molecule has 0 heterocycles. The van der Waals surface area contributed by atoms with Crippen molar-refractivity contribution in [1.82, 2.24) is 0 Å². The Kier molecular flexibility index (Phi) is 17000. The summed E-state index contributed by atoms with van der Waals surface area (Å²) in [5.74, 6) is 0. The summed E-state index contributed by atoms with van der Waals surface area (Å²) < 4.78 is 0. The fraction of sp³-hybridized carbons (Fsp3) is 1.00. The van der Waals surface area contributed by atoms with Crippen LogP contribution in [0.25, 0.3) is 0 Å². The molecule has 0 aliphatic rings. The van der Waals surface area contributed by atoms with E-state index in [1.165, 1.54) is 0 Å². The highest BCUT2D eigenvalue weighted by Crippen LogP contribution is 1.15. The molecule has 0 rings (SSSR count). The quantitative estimate of drug-likeness (QED) is 0.390. The van der Waals surface area contributed by atoms with E-state index >= 15 is 0 Å². The maximum absolute atomic E-state index is 4.00. The first kappa shape index (κ1) is 27.1. The van der Waals surface area contributed by atoms with Crippen LogP contribution in [0.4, 0.5) is 0 Å². The van der Waals surface area contributed by atoms with Crippen molar-refractivity contribution in [3.05, 3.63) is 0 Å². The van der Waals surface area contributed by atoms with Crippen molar-refractivity contribution in [1.29, 1.82) is 0 Å². The summed E-state index contributed by atoms with van der Waals surface area (Å²) in [6.45, 7) is 8.00. The van der Waals surface area contributed by atoms with E-state index < -0.39 is 0 Å². The first-order chi connectivity index (χ1) is 3.00. The summed E-state index contributed by atoms with van der Waals surface area (Å²) in [6.07, 6.45) is 0. The van der Waals surface area contributed by atoms with E-state index in [9.17, 15) is 0 Å². The molecule has 0 aliphatic carbocycles. The average molecular weight is 92.6 g/mol. The van der Waals surface area contributed by atoms with E-state index in [0.29, 0.717) is 0 Å². The Balaban J connectivity index is -0.00000000900. The first-order valence-electron chi connectivity index (χ1n) is 2.33. The van der Waals surface area contributed by atoms with Crippen molar-refractivity contribution in [2.45, 2.75) is 27.7 Å². The molecule has 0 unspecified atom stereocenters. The SMILES string of the molecule is CC.CC.[B].[B][B]. The van der Waals surface area contributed by atoms with E-state index in [2.05, 4.69) is 15.5 Å². The van der Waals surface area contributed by atoms with Gasteiger partial charge in [-0.2, -0.15) is 0 Å². The maximum Gasteiger partial charge on any atom is 0 e. The molecule has 0 aromatic carbocycles. The Labute approximate surface area is 52.5 Å². The molecule has 0 saturated carbocycles. The van der Waals surface area contributed by atoms with Crippen LogP contribution in [0, 0.1) is 0 Å². The molecule has 37 valence electrons. The van der Waals surface area contributed by atoms with E-state index in [4.69, 9.17) is 0 Å². The van der Waals surface area contributed by atoms with Crippen LogP contribution < -0.4 is 0 Å². The largest absolute Gasteiger partial charge is 0.0683 e. The van der Waals surface area contributed by atoms with E-state index in [-0.39, 0.29) is 8.41 Å². The highest BCUT2D eigenvalue weighted by atomic mass is 13.0. The van der Waals surface area contributed by atoms with Crippen LogP contribution >= 0.6 is 0 Å². The monoisotopic (exact) mass is 93.1 g/mol. The van der Waals surface area contributed by atoms with Crippen molar-refractivity contribution < 1.29 is 0 Å². The van der Waals surface area contributed by atoms with Gasteiger partial charge in [0.25, 0.3) is 0 Å². The molecule has 0 bridgehead atoms. The summed E-state index contributed by atoms with van der Waals surface area (Å²) in [5, 5.41) is 0. The van der Waals surface area contributed by atoms with Crippen molar-refractivity contribution in [2.24, 2.45) is 0 Å². The number of hydrogen-bond donors (Lipinski definition) is 0. The van der Waals surface area contributed by atoms with Crippen molar-refractivity contribution in [2.75, 3.05) is 0 Å². The Bertz CT molecular complexity index is 6.90. The van der Waals surface area contributed by atoms with Crippen LogP contribution in [0.1, 0.15) is 27.7 Å². The van der Waals surface area contributed by atoms with E-state index in [1.807, 2.05) is 27.7 Å². The molecule has 0 amide bonds. The third-order valence-corrected chi connectivity index (χ3v) is 0. The molecule has 0 aliphatic heterocycles. The molecule has 0 nitrogen and oxygen atoms in total. The van der Waals surface area contributed by atoms with Gasteiger partial charge in [-0.15, -0.1) is 0 Å². The second-order valence-corrected chi connectivity index (χ2v) is 0. The van der Waals surface area contributed by atoms with Gasteiger partial charge < -0.3 is 0 Å². The topological polar surface area (TPSA) is 0 Å². The lowest BCUT2D eigenvalue weighted by Crippen LogP contribution is -1.38. The Hall–Kier alpha value is 0.195. The molecule has 7 radical (unpaired) electrons. The summed E-state index contributed by atoms with van der Waals surface area (Å²) in [7, 11) is 8.00. The molecule has 0 aromatic heterocycles. The summed E-state index contributed by atoms with van der Waals surface area (Å²) >= 11 is 0. The number of rotatable bonds is 0. The highest BCUT2D eigenvalue weighted by molar-refractivity contribution is 6.75. The lowest BCUT2D eigenvalue weighted by Gasteiger charge is -1.07. The molecule has 0 atom stereocenters. The molecule has 0 aromatic rings. The van der Waals surface area contributed by atoms with E-state index in [1.54, 1.807) is 0 Å². The molecular formula is C4H12B3. The van der Waals surface area contributed by atoms with Crippen LogP contribution in [0.2, 0.25) is 0 Å². The Morgan fingerprint density at radius 3 is 0.714 bits per heavy atom. The second kappa shape index (κ2) is 4410. The van der Waals surface area contributed by atoms with Gasteiger partial charge in [0.2, 0.25) is 0 Å². The van der Waals surface area contributed by atoms with E-state index in [0.717, 1.165) is 0 Å². The fourth-order valence-electron chi connectivity index (χ4n) is 0. The van der Waals surface area contributed by atoms with Gasteiger partial charge in [-0.25, -0.2) is 0 Å². The van der Waals surface area contributed by atoms with Crippen LogP contribution in [0.15, 0.2) is 0 Å². The zero-order valence-electron chi connectivity index (χ0n) is 5.73. The molecule has 0 fully saturated rings. The van der Waals surface area contributed by atoms with Crippen LogP contribution in [0.3, 0.4) is 0 Å². The Morgan fingerprint density at radius 1 is 0.714 bits per heavy atom. The summed E-state index contributed by atoms with van der Waals surface area (Å²) in [4.78, 5) is 0. The van der Waals surface area contributed by atoms with Crippen molar-refractivity contribution >= 4 is 23.9 Å². The first-order valence-corrected chi connectivity index (χ1v) is 2.33. The van der Waals surface area contributed by atoms with Crippen molar-refractivity contribution in [3.63, 3.8) is 0 Å². The zero-order chi connectivity index (χ0) is 6.00. The third kappa shape index (κ3) is 2870. The molecule has 0 spiro atoms. The van der Waals surface area contributed by atoms with Gasteiger partial charge in [-0.3, -0.25) is 0 Å². The smallest absolute Gasteiger partial charge is 0 e. The van der Waals surface area contributed by atoms with Gasteiger partial charge in [-0.1, -0.05) is 27.7 Å². The molecule has 0 N–H and O–H groups in total. The minimum absolute atomic E-state index is 0. The third-order valence-electron chi connectivity index (χ3n) is 0. The predicted octanol–water partition coefficient (Wildman–Crippen LogP) is 0.910. The second-order valence-electron chi connectivity index (χ2n) is 0. The minimum Gasteiger partial charge on any atom is -0.0683 e. The normalized spacial score (nSPS) is 2.29. The van der Waals surface area contributed by atoms with Gasteiger partial charge in [0.05, 0.1) is 0 Å². The summed E-state index contributed by atoms with van der Waals surface area (Å²) in [6, 6.07) is 0. The average Bonchev–Trinajstić information content (AvgIpc) is 1.81. The lowest BCUT2D eigenvalue weighted by molar-refractivity contribution is 1.50. The van der Waals surface area contributed by atoms with Crippen LogP contribution in [0.5, 0.6) is 0 Å². The highest BCUT2D eigenvalue weighted by Gasteiger charge is 1.00. The zero-order valence-corrected chi connectivity index (χ0v) is 5.73. The number of hydrogen-bond acceptors (Lipinski definition) is 0. The standard InChI is InChI=1S/2C2H6.B2.B/c3*1-2;/h2*1-2H3;;. The van der Waals surface area contributed by atoms with Crippen LogP contribution in [-0.4, -0.2) is 23.9 Å². The Morgan fingerprint density at radius 2 is 0.714 bits per heavy atom. The minimum atomic E-state index is 0. The molecule has 7 heavy (non-hydrogen) atoms.